The fraction of sp³-hybridized carbons (Fsp3) is 0. The molecule has 0 aliphatic rings. The molecule has 0 unspecified atom stereocenters. The van der Waals surface area contributed by atoms with Crippen LogP contribution in [0.3, 0.4) is 0 Å². The van der Waals surface area contributed by atoms with Crippen molar-refractivity contribution < 1.29 is 4.39 Å². The lowest BCUT2D eigenvalue weighted by atomic mass is 10.3. The van der Waals surface area contributed by atoms with Crippen LogP contribution >= 0.6 is 22.6 Å². The average molecular weight is 252 g/mol. The normalized spacial score (nSPS) is 10.0. The quantitative estimate of drug-likeness (QED) is 0.464. The molecule has 0 aliphatic carbocycles. The standard InChI is InChI=1S/C6H6FISi/c7-4-1-2-6(9)5(8)3-4/h1-3H,9H3. The van der Waals surface area contributed by atoms with Crippen LogP contribution in [0, 0.1) is 9.39 Å². The fourth-order valence-electron chi connectivity index (χ4n) is 0.567. The van der Waals surface area contributed by atoms with Crippen LogP contribution in [0.15, 0.2) is 18.2 Å². The lowest BCUT2D eigenvalue weighted by molar-refractivity contribution is 0.627. The molecule has 0 saturated carbocycles. The molecule has 0 aliphatic heterocycles. The number of rotatable bonds is 0. The van der Waals surface area contributed by atoms with Crippen LogP contribution in [-0.4, -0.2) is 10.2 Å². The lowest BCUT2D eigenvalue weighted by Crippen LogP contribution is -2.06. The van der Waals surface area contributed by atoms with Gasteiger partial charge in [0.05, 0.1) is 0 Å². The Bertz CT molecular complexity index is 224. The summed E-state index contributed by atoms with van der Waals surface area (Å²) in [4.78, 5) is 0. The Morgan fingerprint density at radius 2 is 2.11 bits per heavy atom. The maximum atomic E-state index is 12.4. The van der Waals surface area contributed by atoms with E-state index in [0.717, 1.165) is 13.8 Å². The molecule has 1 aromatic carbocycles. The van der Waals surface area contributed by atoms with E-state index in [1.807, 2.05) is 6.07 Å². The van der Waals surface area contributed by atoms with Crippen molar-refractivity contribution in [3.05, 3.63) is 27.6 Å². The van der Waals surface area contributed by atoms with Crippen molar-refractivity contribution in [1.29, 1.82) is 0 Å². The van der Waals surface area contributed by atoms with Crippen molar-refractivity contribution in [2.45, 2.75) is 0 Å². The van der Waals surface area contributed by atoms with Gasteiger partial charge in [-0.1, -0.05) is 11.3 Å². The van der Waals surface area contributed by atoms with E-state index in [1.54, 1.807) is 6.07 Å². The summed E-state index contributed by atoms with van der Waals surface area (Å²) in [5.41, 5.74) is 0. The molecule has 0 nitrogen and oxygen atoms in total. The van der Waals surface area contributed by atoms with Crippen molar-refractivity contribution in [1.82, 2.24) is 0 Å². The molecule has 0 spiro atoms. The highest BCUT2D eigenvalue weighted by Crippen LogP contribution is 2.02. The van der Waals surface area contributed by atoms with Crippen molar-refractivity contribution in [3.8, 4) is 0 Å². The summed E-state index contributed by atoms with van der Waals surface area (Å²) in [6.45, 7) is 0. The highest BCUT2D eigenvalue weighted by molar-refractivity contribution is 14.1. The summed E-state index contributed by atoms with van der Waals surface area (Å²) in [6, 6.07) is 4.90. The number of hydrogen-bond acceptors (Lipinski definition) is 0. The minimum Gasteiger partial charge on any atom is -0.207 e. The van der Waals surface area contributed by atoms with Crippen LogP contribution in [0.2, 0.25) is 0 Å². The molecule has 0 atom stereocenters. The van der Waals surface area contributed by atoms with Gasteiger partial charge in [-0.15, -0.1) is 0 Å². The van der Waals surface area contributed by atoms with Crippen molar-refractivity contribution in [2.24, 2.45) is 0 Å². The van der Waals surface area contributed by atoms with E-state index in [1.165, 1.54) is 11.3 Å². The van der Waals surface area contributed by atoms with Crippen LogP contribution in [0.1, 0.15) is 0 Å². The first-order chi connectivity index (χ1) is 4.20. The second-order valence-electron chi connectivity index (χ2n) is 1.89. The predicted molar refractivity (Wildman–Crippen MR) is 48.7 cm³/mol. The second-order valence-corrected chi connectivity index (χ2v) is 4.13. The highest BCUT2D eigenvalue weighted by atomic mass is 127. The third-order valence-corrected chi connectivity index (χ3v) is 4.19. The van der Waals surface area contributed by atoms with Gasteiger partial charge < -0.3 is 0 Å². The van der Waals surface area contributed by atoms with Crippen LogP contribution < -0.4 is 5.19 Å². The third-order valence-electron chi connectivity index (χ3n) is 1.13. The number of benzene rings is 1. The van der Waals surface area contributed by atoms with Crippen LogP contribution in [-0.2, 0) is 0 Å². The summed E-state index contributed by atoms with van der Waals surface area (Å²) in [6.07, 6.45) is 0. The number of halogens is 2. The van der Waals surface area contributed by atoms with Crippen LogP contribution in [0.5, 0.6) is 0 Å². The Balaban J connectivity index is 3.17. The molecule has 0 amide bonds. The van der Waals surface area contributed by atoms with E-state index in [-0.39, 0.29) is 5.82 Å². The molecule has 0 saturated heterocycles. The maximum absolute atomic E-state index is 12.4. The molecule has 0 fully saturated rings. The van der Waals surface area contributed by atoms with Crippen molar-refractivity contribution >= 4 is 38.0 Å². The largest absolute Gasteiger partial charge is 0.207 e. The van der Waals surface area contributed by atoms with Crippen LogP contribution in [0.4, 0.5) is 4.39 Å². The lowest BCUT2D eigenvalue weighted by Gasteiger charge is -1.94. The maximum Gasteiger partial charge on any atom is 0.124 e. The smallest absolute Gasteiger partial charge is 0.124 e. The van der Waals surface area contributed by atoms with Gasteiger partial charge in [-0.25, -0.2) is 4.39 Å². The zero-order valence-corrected chi connectivity index (χ0v) is 9.15. The molecule has 48 valence electrons. The van der Waals surface area contributed by atoms with E-state index in [9.17, 15) is 4.39 Å². The molecule has 0 N–H and O–H groups in total. The minimum absolute atomic E-state index is 0.140. The molecular weight excluding hydrogens is 246 g/mol. The molecule has 1 aromatic rings. The first-order valence-electron chi connectivity index (χ1n) is 2.62. The summed E-state index contributed by atoms with van der Waals surface area (Å²) < 4.78 is 13.4. The van der Waals surface area contributed by atoms with Gasteiger partial charge >= 0.3 is 0 Å². The Morgan fingerprint density at radius 1 is 1.44 bits per heavy atom. The van der Waals surface area contributed by atoms with Gasteiger partial charge in [-0.3, -0.25) is 0 Å². The zero-order valence-electron chi connectivity index (χ0n) is 4.99. The molecule has 1 rings (SSSR count). The molecule has 0 aromatic heterocycles. The molecule has 0 heterocycles. The topological polar surface area (TPSA) is 0 Å². The van der Waals surface area contributed by atoms with E-state index >= 15 is 0 Å². The molecule has 0 bridgehead atoms. The molecule has 0 radical (unpaired) electrons. The monoisotopic (exact) mass is 252 g/mol. The van der Waals surface area contributed by atoms with Gasteiger partial charge in [0.15, 0.2) is 0 Å². The third kappa shape index (κ3) is 1.75. The molecule has 3 heteroatoms. The van der Waals surface area contributed by atoms with Crippen molar-refractivity contribution in [3.63, 3.8) is 0 Å². The van der Waals surface area contributed by atoms with Gasteiger partial charge in [0, 0.05) is 13.8 Å². The van der Waals surface area contributed by atoms with E-state index in [4.69, 9.17) is 0 Å². The van der Waals surface area contributed by atoms with Gasteiger partial charge in [0.25, 0.3) is 0 Å². The summed E-state index contributed by atoms with van der Waals surface area (Å²) in [5.74, 6) is -0.140. The highest BCUT2D eigenvalue weighted by Gasteiger charge is 1.93. The Hall–Kier alpha value is 0.0969. The summed E-state index contributed by atoms with van der Waals surface area (Å²) >= 11 is 2.14. The van der Waals surface area contributed by atoms with Gasteiger partial charge in [-0.2, -0.15) is 0 Å². The zero-order chi connectivity index (χ0) is 6.85. The Morgan fingerprint density at radius 3 is 2.56 bits per heavy atom. The fourth-order valence-corrected chi connectivity index (χ4v) is 1.36. The Kier molecular flexibility index (Phi) is 2.23. The first kappa shape index (κ1) is 7.21. The average Bonchev–Trinajstić information content (AvgIpc) is 1.80. The van der Waals surface area contributed by atoms with Gasteiger partial charge in [0.1, 0.15) is 5.82 Å². The minimum atomic E-state index is -0.140. The van der Waals surface area contributed by atoms with Crippen molar-refractivity contribution in [2.75, 3.05) is 0 Å². The van der Waals surface area contributed by atoms with E-state index in [2.05, 4.69) is 22.6 Å². The molecule has 9 heavy (non-hydrogen) atoms. The number of hydrogen-bond donors (Lipinski definition) is 0. The van der Waals surface area contributed by atoms with E-state index < -0.39 is 0 Å². The van der Waals surface area contributed by atoms with Crippen LogP contribution in [0.25, 0.3) is 0 Å². The summed E-state index contributed by atoms with van der Waals surface area (Å²) in [7, 11) is 1.000. The first-order valence-corrected chi connectivity index (χ1v) is 4.69. The van der Waals surface area contributed by atoms with E-state index in [0.29, 0.717) is 0 Å². The molecular formula is C6H6FISi. The second kappa shape index (κ2) is 2.79. The predicted octanol–water partition coefficient (Wildman–Crippen LogP) is 0.421. The SMILES string of the molecule is Fc1ccc([SiH3])c(I)c1. The Labute approximate surface area is 70.0 Å². The van der Waals surface area contributed by atoms with Gasteiger partial charge in [-0.05, 0) is 34.7 Å². The van der Waals surface area contributed by atoms with Gasteiger partial charge in [0.2, 0.25) is 0 Å². The summed E-state index contributed by atoms with van der Waals surface area (Å²) in [5, 5.41) is 1.26.